The van der Waals surface area contributed by atoms with Gasteiger partial charge in [0.05, 0.1) is 6.04 Å². The summed E-state index contributed by atoms with van der Waals surface area (Å²) in [5.74, 6) is -1.27. The number of aryl methyl sites for hydroxylation is 2. The molecular weight excluding hydrogens is 344 g/mol. The molecule has 2 N–H and O–H groups in total. The van der Waals surface area contributed by atoms with Crippen molar-refractivity contribution in [3.05, 3.63) is 59.2 Å². The summed E-state index contributed by atoms with van der Waals surface area (Å²) >= 11 is 1.59. The number of hydrogen-bond acceptors (Lipinski definition) is 3. The molecule has 1 unspecified atom stereocenters. The molecule has 5 heteroatoms. The lowest BCUT2D eigenvalue weighted by atomic mass is 9.89. The Labute approximate surface area is 158 Å². The summed E-state index contributed by atoms with van der Waals surface area (Å²) in [6, 6.07) is 13.6. The van der Waals surface area contributed by atoms with E-state index in [0.29, 0.717) is 5.69 Å². The molecule has 2 aromatic carbocycles. The number of thioether (sulfide) groups is 1. The number of nitrogens with one attached hydrogen (secondary N) is 2. The van der Waals surface area contributed by atoms with Gasteiger partial charge in [-0.1, -0.05) is 24.3 Å². The highest BCUT2D eigenvalue weighted by molar-refractivity contribution is 7.98. The fourth-order valence-electron chi connectivity index (χ4n) is 3.26. The second-order valence-electron chi connectivity index (χ2n) is 6.62. The van der Waals surface area contributed by atoms with Crippen molar-refractivity contribution in [2.24, 2.45) is 0 Å². The van der Waals surface area contributed by atoms with Crippen molar-refractivity contribution >= 4 is 29.3 Å². The van der Waals surface area contributed by atoms with Crippen molar-refractivity contribution in [2.45, 2.75) is 43.5 Å². The summed E-state index contributed by atoms with van der Waals surface area (Å²) < 4.78 is 0. The van der Waals surface area contributed by atoms with E-state index in [0.717, 1.165) is 23.3 Å². The minimum atomic E-state index is -0.645. The monoisotopic (exact) mass is 368 g/mol. The van der Waals surface area contributed by atoms with E-state index in [2.05, 4.69) is 28.8 Å². The topological polar surface area (TPSA) is 58.2 Å². The van der Waals surface area contributed by atoms with Crippen LogP contribution in [0, 0.1) is 0 Å². The lowest BCUT2D eigenvalue weighted by Gasteiger charge is -2.20. The maximum Gasteiger partial charge on any atom is 0.313 e. The van der Waals surface area contributed by atoms with E-state index in [4.69, 9.17) is 0 Å². The molecule has 0 aromatic heterocycles. The Kier molecular flexibility index (Phi) is 5.99. The molecule has 4 nitrogen and oxygen atoms in total. The Bertz CT molecular complexity index is 819. The summed E-state index contributed by atoms with van der Waals surface area (Å²) in [6.45, 7) is 1.91. The van der Waals surface area contributed by atoms with Crippen LogP contribution in [0.15, 0.2) is 47.4 Å². The number of benzene rings is 2. The summed E-state index contributed by atoms with van der Waals surface area (Å²) in [4.78, 5) is 25.5. The van der Waals surface area contributed by atoms with Crippen LogP contribution in [0.2, 0.25) is 0 Å². The third-order valence-corrected chi connectivity index (χ3v) is 5.48. The predicted octanol–water partition coefficient (Wildman–Crippen LogP) is 4.10. The van der Waals surface area contributed by atoms with Gasteiger partial charge in [0, 0.05) is 10.6 Å². The van der Waals surface area contributed by atoms with Gasteiger partial charge in [0.15, 0.2) is 0 Å². The molecule has 0 heterocycles. The first-order chi connectivity index (χ1) is 12.6. The van der Waals surface area contributed by atoms with E-state index in [1.165, 1.54) is 24.0 Å². The number of fused-ring (bicyclic) bond motifs is 1. The van der Waals surface area contributed by atoms with E-state index >= 15 is 0 Å². The lowest BCUT2D eigenvalue weighted by molar-refractivity contribution is -0.136. The molecule has 1 aliphatic rings. The molecule has 136 valence electrons. The fraction of sp³-hybridized carbons (Fsp3) is 0.333. The first kappa shape index (κ1) is 18.5. The molecule has 1 atom stereocenters. The van der Waals surface area contributed by atoms with Crippen molar-refractivity contribution in [2.75, 3.05) is 11.6 Å². The van der Waals surface area contributed by atoms with Crippen LogP contribution in [-0.4, -0.2) is 18.1 Å². The van der Waals surface area contributed by atoms with Crippen LogP contribution >= 0.6 is 11.8 Å². The summed E-state index contributed by atoms with van der Waals surface area (Å²) in [5, 5.41) is 5.45. The Balaban J connectivity index is 1.62. The lowest BCUT2D eigenvalue weighted by Crippen LogP contribution is -2.37. The average molecular weight is 369 g/mol. The number of carbonyl (C=O) groups is 2. The van der Waals surface area contributed by atoms with Gasteiger partial charge in [0.25, 0.3) is 0 Å². The number of carbonyl (C=O) groups excluding carboxylic acids is 2. The normalized spacial score (nSPS) is 14.2. The molecule has 2 aromatic rings. The minimum absolute atomic E-state index is 0.210. The number of rotatable bonds is 4. The Hall–Kier alpha value is -2.27. The van der Waals surface area contributed by atoms with E-state index < -0.39 is 11.8 Å². The number of anilines is 1. The second-order valence-corrected chi connectivity index (χ2v) is 7.50. The predicted molar refractivity (Wildman–Crippen MR) is 106 cm³/mol. The standard InChI is InChI=1S/C21H24N2O2S/c1-14(16-11-10-15-6-3-4-7-17(15)12-16)22-20(24)21(25)23-18-8-5-9-19(13-18)26-2/h5,8-14H,3-4,6-7H2,1-2H3,(H,22,24)(H,23,25). The van der Waals surface area contributed by atoms with Crippen LogP contribution < -0.4 is 10.6 Å². The zero-order valence-corrected chi connectivity index (χ0v) is 16.0. The molecule has 0 aliphatic heterocycles. The third-order valence-electron chi connectivity index (χ3n) is 4.75. The van der Waals surface area contributed by atoms with E-state index in [1.807, 2.05) is 31.4 Å². The van der Waals surface area contributed by atoms with Crippen molar-refractivity contribution in [1.82, 2.24) is 5.32 Å². The highest BCUT2D eigenvalue weighted by atomic mass is 32.2. The van der Waals surface area contributed by atoms with Crippen LogP contribution in [0.3, 0.4) is 0 Å². The van der Waals surface area contributed by atoms with Crippen molar-refractivity contribution in [3.8, 4) is 0 Å². The van der Waals surface area contributed by atoms with Crippen LogP contribution in [0.4, 0.5) is 5.69 Å². The van der Waals surface area contributed by atoms with Gasteiger partial charge in [-0.05, 0) is 73.8 Å². The van der Waals surface area contributed by atoms with Gasteiger partial charge in [-0.25, -0.2) is 0 Å². The van der Waals surface area contributed by atoms with Crippen LogP contribution in [0.25, 0.3) is 0 Å². The van der Waals surface area contributed by atoms with Gasteiger partial charge in [-0.3, -0.25) is 9.59 Å². The van der Waals surface area contributed by atoms with Crippen LogP contribution in [0.1, 0.15) is 42.5 Å². The first-order valence-corrected chi connectivity index (χ1v) is 10.2. The number of hydrogen-bond donors (Lipinski definition) is 2. The Morgan fingerprint density at radius 2 is 1.77 bits per heavy atom. The SMILES string of the molecule is CSc1cccc(NC(=O)C(=O)NC(C)c2ccc3c(c2)CCCC3)c1. The second kappa shape index (κ2) is 8.41. The molecule has 3 rings (SSSR count). The molecule has 2 amide bonds. The Morgan fingerprint density at radius 1 is 1.00 bits per heavy atom. The largest absolute Gasteiger partial charge is 0.341 e. The molecule has 1 aliphatic carbocycles. The Morgan fingerprint density at radius 3 is 2.54 bits per heavy atom. The van der Waals surface area contributed by atoms with Gasteiger partial charge >= 0.3 is 11.8 Å². The molecule has 0 fully saturated rings. The van der Waals surface area contributed by atoms with Gasteiger partial charge < -0.3 is 10.6 Å². The zero-order chi connectivity index (χ0) is 18.5. The smallest absolute Gasteiger partial charge is 0.313 e. The molecule has 0 saturated carbocycles. The highest BCUT2D eigenvalue weighted by Crippen LogP contribution is 2.25. The van der Waals surface area contributed by atoms with Gasteiger partial charge in [-0.2, -0.15) is 0 Å². The quantitative estimate of drug-likeness (QED) is 0.631. The van der Waals surface area contributed by atoms with E-state index in [-0.39, 0.29) is 6.04 Å². The molecule has 0 bridgehead atoms. The van der Waals surface area contributed by atoms with Crippen molar-refractivity contribution < 1.29 is 9.59 Å². The van der Waals surface area contributed by atoms with E-state index in [1.54, 1.807) is 17.8 Å². The minimum Gasteiger partial charge on any atom is -0.341 e. The van der Waals surface area contributed by atoms with Gasteiger partial charge in [0.1, 0.15) is 0 Å². The molecular formula is C21H24N2O2S. The number of amides is 2. The first-order valence-electron chi connectivity index (χ1n) is 8.94. The van der Waals surface area contributed by atoms with Crippen LogP contribution in [0.5, 0.6) is 0 Å². The third kappa shape index (κ3) is 4.47. The van der Waals surface area contributed by atoms with Crippen molar-refractivity contribution in [1.29, 1.82) is 0 Å². The zero-order valence-electron chi connectivity index (χ0n) is 15.2. The molecule has 0 saturated heterocycles. The van der Waals surface area contributed by atoms with Gasteiger partial charge in [-0.15, -0.1) is 11.8 Å². The van der Waals surface area contributed by atoms with Crippen LogP contribution in [-0.2, 0) is 22.4 Å². The fourth-order valence-corrected chi connectivity index (χ4v) is 3.72. The summed E-state index contributed by atoms with van der Waals surface area (Å²) in [5.41, 5.74) is 4.44. The molecule has 26 heavy (non-hydrogen) atoms. The summed E-state index contributed by atoms with van der Waals surface area (Å²) in [7, 11) is 0. The molecule has 0 radical (unpaired) electrons. The average Bonchev–Trinajstić information content (AvgIpc) is 2.67. The van der Waals surface area contributed by atoms with Gasteiger partial charge in [0.2, 0.25) is 0 Å². The molecule has 0 spiro atoms. The van der Waals surface area contributed by atoms with Crippen molar-refractivity contribution in [3.63, 3.8) is 0 Å². The maximum atomic E-state index is 12.2. The highest BCUT2D eigenvalue weighted by Gasteiger charge is 2.18. The van der Waals surface area contributed by atoms with E-state index in [9.17, 15) is 9.59 Å². The summed E-state index contributed by atoms with van der Waals surface area (Å²) in [6.07, 6.45) is 6.66. The maximum absolute atomic E-state index is 12.2.